The molecule has 3 rings (SSSR count). The smallest absolute Gasteiger partial charge is 0.408 e. The highest BCUT2D eigenvalue weighted by Gasteiger charge is 2.20. The number of hydrogen-bond donors (Lipinski definition) is 1. The summed E-state index contributed by atoms with van der Waals surface area (Å²) in [7, 11) is -2.22. The number of sulfonamides is 1. The van der Waals surface area contributed by atoms with Crippen LogP contribution in [-0.2, 0) is 17.1 Å². The van der Waals surface area contributed by atoms with E-state index in [0.717, 1.165) is 4.47 Å². The molecular formula is C15H13BrN2O4S. The van der Waals surface area contributed by atoms with E-state index in [2.05, 4.69) is 20.7 Å². The zero-order chi connectivity index (χ0) is 16.8. The molecule has 0 aliphatic rings. The van der Waals surface area contributed by atoms with Gasteiger partial charge in [0.2, 0.25) is 0 Å². The Morgan fingerprint density at radius 1 is 1.17 bits per heavy atom. The van der Waals surface area contributed by atoms with E-state index in [1.807, 2.05) is 0 Å². The van der Waals surface area contributed by atoms with Crippen molar-refractivity contribution in [1.29, 1.82) is 0 Å². The number of aromatic nitrogens is 1. The van der Waals surface area contributed by atoms with Crippen LogP contribution in [0.1, 0.15) is 5.56 Å². The van der Waals surface area contributed by atoms with Gasteiger partial charge in [-0.15, -0.1) is 0 Å². The van der Waals surface area contributed by atoms with Gasteiger partial charge >= 0.3 is 5.76 Å². The second kappa shape index (κ2) is 5.54. The lowest BCUT2D eigenvalue weighted by Crippen LogP contribution is -2.14. The maximum absolute atomic E-state index is 12.6. The molecule has 0 fully saturated rings. The van der Waals surface area contributed by atoms with Gasteiger partial charge in [-0.05, 0) is 42.8 Å². The van der Waals surface area contributed by atoms with Gasteiger partial charge in [-0.3, -0.25) is 9.29 Å². The Morgan fingerprint density at radius 2 is 1.83 bits per heavy atom. The summed E-state index contributed by atoms with van der Waals surface area (Å²) >= 11 is 3.30. The van der Waals surface area contributed by atoms with Gasteiger partial charge in [0.05, 0.1) is 10.4 Å². The first-order chi connectivity index (χ1) is 10.8. The number of benzene rings is 2. The summed E-state index contributed by atoms with van der Waals surface area (Å²) in [6.07, 6.45) is 0. The number of rotatable bonds is 3. The molecule has 3 aromatic rings. The molecule has 0 unspecified atom stereocenters. The molecule has 0 saturated heterocycles. The number of aryl methyl sites for hydroxylation is 2. The van der Waals surface area contributed by atoms with Gasteiger partial charge in [0.1, 0.15) is 0 Å². The first kappa shape index (κ1) is 15.8. The summed E-state index contributed by atoms with van der Waals surface area (Å²) in [5, 5.41) is 0. The van der Waals surface area contributed by atoms with E-state index in [1.165, 1.54) is 10.6 Å². The van der Waals surface area contributed by atoms with Crippen LogP contribution in [0.5, 0.6) is 0 Å². The lowest BCUT2D eigenvalue weighted by Gasteiger charge is -2.10. The Morgan fingerprint density at radius 3 is 2.48 bits per heavy atom. The third-order valence-electron chi connectivity index (χ3n) is 3.47. The predicted molar refractivity (Wildman–Crippen MR) is 91.1 cm³/mol. The lowest BCUT2D eigenvalue weighted by atomic mass is 10.2. The molecule has 0 aliphatic carbocycles. The van der Waals surface area contributed by atoms with Gasteiger partial charge in [-0.25, -0.2) is 13.2 Å². The summed E-state index contributed by atoms with van der Waals surface area (Å²) in [4.78, 5) is 11.6. The van der Waals surface area contributed by atoms with Gasteiger partial charge in [0.15, 0.2) is 5.58 Å². The minimum Gasteiger partial charge on any atom is -0.408 e. The van der Waals surface area contributed by atoms with Crippen molar-refractivity contribution in [2.24, 2.45) is 7.05 Å². The summed E-state index contributed by atoms with van der Waals surface area (Å²) in [5.41, 5.74) is 1.76. The van der Waals surface area contributed by atoms with Crippen LogP contribution in [0.25, 0.3) is 11.1 Å². The van der Waals surface area contributed by atoms with Crippen LogP contribution in [0.2, 0.25) is 0 Å². The van der Waals surface area contributed by atoms with E-state index < -0.39 is 15.8 Å². The van der Waals surface area contributed by atoms with Crippen LogP contribution in [0.15, 0.2) is 55.0 Å². The maximum atomic E-state index is 12.6. The molecule has 1 heterocycles. The van der Waals surface area contributed by atoms with E-state index in [9.17, 15) is 13.2 Å². The fourth-order valence-electron chi connectivity index (χ4n) is 2.28. The van der Waals surface area contributed by atoms with E-state index >= 15 is 0 Å². The predicted octanol–water partition coefficient (Wildman–Crippen LogP) is 3.00. The molecule has 0 atom stereocenters. The Hall–Kier alpha value is -2.06. The minimum atomic E-state index is -3.79. The summed E-state index contributed by atoms with van der Waals surface area (Å²) in [5.74, 6) is -0.533. The molecule has 0 amide bonds. The van der Waals surface area contributed by atoms with Gasteiger partial charge in [0.25, 0.3) is 10.0 Å². The molecule has 0 spiro atoms. The standard InChI is InChI=1S/C15H13BrN2O4S/c1-9-7-12-13(22-15(19)18(12)2)8-14(9)23(20,21)17-11-5-3-10(16)4-6-11/h3-8,17H,1-2H3. The molecule has 120 valence electrons. The molecule has 1 aromatic heterocycles. The highest BCUT2D eigenvalue weighted by molar-refractivity contribution is 9.10. The average Bonchev–Trinajstić information content (AvgIpc) is 2.76. The fourth-order valence-corrected chi connectivity index (χ4v) is 3.84. The minimum absolute atomic E-state index is 0.0715. The highest BCUT2D eigenvalue weighted by atomic mass is 79.9. The van der Waals surface area contributed by atoms with Crippen molar-refractivity contribution in [2.75, 3.05) is 4.72 Å². The van der Waals surface area contributed by atoms with E-state index in [-0.39, 0.29) is 10.5 Å². The first-order valence-corrected chi connectivity index (χ1v) is 8.94. The van der Waals surface area contributed by atoms with Crippen molar-refractivity contribution in [3.05, 3.63) is 57.0 Å². The second-order valence-electron chi connectivity index (χ2n) is 5.12. The number of fused-ring (bicyclic) bond motifs is 1. The van der Waals surface area contributed by atoms with Crippen molar-refractivity contribution in [3.8, 4) is 0 Å². The molecule has 6 nitrogen and oxygen atoms in total. The second-order valence-corrected chi connectivity index (χ2v) is 7.69. The molecular weight excluding hydrogens is 384 g/mol. The van der Waals surface area contributed by atoms with Crippen LogP contribution < -0.4 is 10.5 Å². The molecule has 0 aliphatic heterocycles. The Labute approximate surface area is 140 Å². The summed E-state index contributed by atoms with van der Waals surface area (Å²) in [6, 6.07) is 9.77. The van der Waals surface area contributed by atoms with E-state index in [4.69, 9.17) is 4.42 Å². The van der Waals surface area contributed by atoms with E-state index in [1.54, 1.807) is 44.3 Å². The average molecular weight is 397 g/mol. The molecule has 2 aromatic carbocycles. The Kier molecular flexibility index (Phi) is 3.81. The molecule has 0 bridgehead atoms. The van der Waals surface area contributed by atoms with Crippen LogP contribution in [0.4, 0.5) is 5.69 Å². The molecule has 0 saturated carbocycles. The molecule has 23 heavy (non-hydrogen) atoms. The topological polar surface area (TPSA) is 81.3 Å². The van der Waals surface area contributed by atoms with Crippen LogP contribution in [0, 0.1) is 6.92 Å². The number of hydrogen-bond acceptors (Lipinski definition) is 4. The van der Waals surface area contributed by atoms with Gasteiger partial charge in [0, 0.05) is 23.3 Å². The van der Waals surface area contributed by atoms with Gasteiger partial charge in [-0.1, -0.05) is 15.9 Å². The van der Waals surface area contributed by atoms with E-state index in [0.29, 0.717) is 16.8 Å². The SMILES string of the molecule is Cc1cc2c(cc1S(=O)(=O)Nc1ccc(Br)cc1)oc(=O)n2C. The zero-order valence-corrected chi connectivity index (χ0v) is 14.7. The fraction of sp³-hybridized carbons (Fsp3) is 0.133. The quantitative estimate of drug-likeness (QED) is 0.737. The van der Waals surface area contributed by atoms with Crippen molar-refractivity contribution in [2.45, 2.75) is 11.8 Å². The van der Waals surface area contributed by atoms with Crippen LogP contribution in [-0.4, -0.2) is 13.0 Å². The normalized spacial score (nSPS) is 11.8. The summed E-state index contributed by atoms with van der Waals surface area (Å²) < 4.78 is 34.9. The van der Waals surface area contributed by atoms with Gasteiger partial charge < -0.3 is 4.42 Å². The third-order valence-corrected chi connectivity index (χ3v) is 5.53. The van der Waals surface area contributed by atoms with Crippen LogP contribution >= 0.6 is 15.9 Å². The van der Waals surface area contributed by atoms with Crippen LogP contribution in [0.3, 0.4) is 0 Å². The largest absolute Gasteiger partial charge is 0.419 e. The van der Waals surface area contributed by atoms with Crippen molar-refractivity contribution >= 4 is 42.7 Å². The van der Waals surface area contributed by atoms with Crippen molar-refractivity contribution in [3.63, 3.8) is 0 Å². The van der Waals surface area contributed by atoms with Crippen molar-refractivity contribution < 1.29 is 12.8 Å². The number of anilines is 1. The molecule has 0 radical (unpaired) electrons. The highest BCUT2D eigenvalue weighted by Crippen LogP contribution is 2.25. The Balaban J connectivity index is 2.09. The number of halogens is 1. The summed E-state index contributed by atoms with van der Waals surface area (Å²) in [6.45, 7) is 1.67. The monoisotopic (exact) mass is 396 g/mol. The van der Waals surface area contributed by atoms with Crippen molar-refractivity contribution in [1.82, 2.24) is 4.57 Å². The number of oxazole rings is 1. The third kappa shape index (κ3) is 2.91. The Bertz CT molecular complexity index is 1050. The maximum Gasteiger partial charge on any atom is 0.419 e. The molecule has 1 N–H and O–H groups in total. The first-order valence-electron chi connectivity index (χ1n) is 6.66. The number of nitrogens with zero attached hydrogens (tertiary/aromatic N) is 1. The van der Waals surface area contributed by atoms with Gasteiger partial charge in [-0.2, -0.15) is 0 Å². The zero-order valence-electron chi connectivity index (χ0n) is 12.3. The lowest BCUT2D eigenvalue weighted by molar-refractivity contribution is 0.527. The molecule has 8 heteroatoms. The number of nitrogens with one attached hydrogen (secondary N) is 1.